The van der Waals surface area contributed by atoms with Crippen LogP contribution in [0.25, 0.3) is 0 Å². The number of ether oxygens (including phenoxy) is 1. The molecule has 0 aliphatic carbocycles. The molecule has 2 rings (SSSR count). The standard InChI is InChI=1S/C11H9N3O5/c12-11(16)10-8(14(17)19-13-10)6-18-9-4-2-1-3-7(9)5-15/h1-5H,6H2,(H2,12,16). The summed E-state index contributed by atoms with van der Waals surface area (Å²) in [6, 6.07) is 6.43. The van der Waals surface area contributed by atoms with Crippen LogP contribution in [-0.4, -0.2) is 17.4 Å². The van der Waals surface area contributed by atoms with Crippen LogP contribution in [0.3, 0.4) is 0 Å². The van der Waals surface area contributed by atoms with Gasteiger partial charge in [0.15, 0.2) is 12.9 Å². The number of benzene rings is 1. The summed E-state index contributed by atoms with van der Waals surface area (Å²) in [6.45, 7) is -0.296. The Morgan fingerprint density at radius 3 is 2.95 bits per heavy atom. The lowest BCUT2D eigenvalue weighted by Crippen LogP contribution is -2.31. The molecular formula is C11H9N3O5. The second kappa shape index (κ2) is 5.17. The van der Waals surface area contributed by atoms with E-state index in [0.29, 0.717) is 11.8 Å². The predicted molar refractivity (Wildman–Crippen MR) is 60.1 cm³/mol. The SMILES string of the molecule is NC(=O)c1no[n+]([O-])c1COc1ccccc1C=O. The molecule has 1 aromatic heterocycles. The van der Waals surface area contributed by atoms with E-state index in [1.807, 2.05) is 0 Å². The fraction of sp³-hybridized carbons (Fsp3) is 0.0909. The molecule has 0 atom stereocenters. The number of carbonyl (C=O) groups is 2. The average molecular weight is 263 g/mol. The zero-order valence-corrected chi connectivity index (χ0v) is 9.61. The highest BCUT2D eigenvalue weighted by Gasteiger charge is 2.24. The van der Waals surface area contributed by atoms with Gasteiger partial charge in [-0.25, -0.2) is 0 Å². The third-order valence-corrected chi connectivity index (χ3v) is 2.34. The number of amides is 1. The second-order valence-corrected chi connectivity index (χ2v) is 3.53. The van der Waals surface area contributed by atoms with Gasteiger partial charge in [-0.2, -0.15) is 0 Å². The molecule has 1 aromatic carbocycles. The van der Waals surface area contributed by atoms with Gasteiger partial charge in [-0.05, 0) is 17.0 Å². The predicted octanol–water partition coefficient (Wildman–Crippen LogP) is -0.202. The molecule has 8 nitrogen and oxygen atoms in total. The van der Waals surface area contributed by atoms with Gasteiger partial charge in [-0.15, -0.1) is 0 Å². The number of hydrogen-bond acceptors (Lipinski definition) is 6. The van der Waals surface area contributed by atoms with Gasteiger partial charge in [0.25, 0.3) is 5.91 Å². The molecule has 19 heavy (non-hydrogen) atoms. The summed E-state index contributed by atoms with van der Waals surface area (Å²) in [5.74, 6) is -0.630. The molecule has 8 heteroatoms. The van der Waals surface area contributed by atoms with Crippen molar-refractivity contribution in [1.29, 1.82) is 0 Å². The monoisotopic (exact) mass is 263 g/mol. The van der Waals surface area contributed by atoms with Crippen molar-refractivity contribution in [2.24, 2.45) is 5.73 Å². The van der Waals surface area contributed by atoms with Crippen LogP contribution in [0.5, 0.6) is 5.75 Å². The molecule has 1 amide bonds. The molecular weight excluding hydrogens is 254 g/mol. The van der Waals surface area contributed by atoms with Gasteiger partial charge in [0.2, 0.25) is 5.69 Å². The summed E-state index contributed by atoms with van der Waals surface area (Å²) >= 11 is 0. The molecule has 1 heterocycles. The minimum absolute atomic E-state index is 0.0314. The van der Waals surface area contributed by atoms with Gasteiger partial charge in [0, 0.05) is 0 Å². The first-order chi connectivity index (χ1) is 9.13. The van der Waals surface area contributed by atoms with Gasteiger partial charge in [-0.3, -0.25) is 14.2 Å². The van der Waals surface area contributed by atoms with E-state index in [0.717, 1.165) is 0 Å². The van der Waals surface area contributed by atoms with Crippen molar-refractivity contribution in [2.75, 3.05) is 0 Å². The number of hydrogen-bond donors (Lipinski definition) is 1. The molecule has 0 unspecified atom stereocenters. The lowest BCUT2D eigenvalue weighted by Gasteiger charge is -2.06. The number of para-hydroxylation sites is 1. The first-order valence-corrected chi connectivity index (χ1v) is 5.19. The highest BCUT2D eigenvalue weighted by atomic mass is 16.8. The van der Waals surface area contributed by atoms with Gasteiger partial charge in [-0.1, -0.05) is 12.1 Å². The Labute approximate surface area is 106 Å². The third kappa shape index (κ3) is 2.51. The number of aldehydes is 1. The Morgan fingerprint density at radius 2 is 2.26 bits per heavy atom. The molecule has 0 fully saturated rings. The molecule has 0 spiro atoms. The Balaban J connectivity index is 2.21. The number of rotatable bonds is 5. The van der Waals surface area contributed by atoms with Crippen LogP contribution in [0.4, 0.5) is 0 Å². The normalized spacial score (nSPS) is 10.1. The summed E-state index contributed by atoms with van der Waals surface area (Å²) in [7, 11) is 0. The van der Waals surface area contributed by atoms with Crippen LogP contribution in [0, 0.1) is 5.21 Å². The van der Waals surface area contributed by atoms with Crippen LogP contribution in [0.15, 0.2) is 28.9 Å². The van der Waals surface area contributed by atoms with E-state index in [2.05, 4.69) is 9.79 Å². The molecule has 0 radical (unpaired) electrons. The lowest BCUT2D eigenvalue weighted by molar-refractivity contribution is -0.808. The van der Waals surface area contributed by atoms with Crippen molar-refractivity contribution in [3.8, 4) is 5.75 Å². The van der Waals surface area contributed by atoms with E-state index in [4.69, 9.17) is 10.5 Å². The molecule has 0 saturated heterocycles. The number of nitrogens with zero attached hydrogens (tertiary/aromatic N) is 2. The van der Waals surface area contributed by atoms with E-state index in [1.165, 1.54) is 0 Å². The fourth-order valence-electron chi connectivity index (χ4n) is 1.43. The van der Waals surface area contributed by atoms with Crippen molar-refractivity contribution in [2.45, 2.75) is 6.61 Å². The molecule has 2 N–H and O–H groups in total. The van der Waals surface area contributed by atoms with E-state index in [-0.39, 0.29) is 28.6 Å². The summed E-state index contributed by atoms with van der Waals surface area (Å²) in [6.07, 6.45) is 0.614. The van der Waals surface area contributed by atoms with E-state index < -0.39 is 5.91 Å². The summed E-state index contributed by atoms with van der Waals surface area (Å²) in [4.78, 5) is 21.8. The van der Waals surface area contributed by atoms with Gasteiger partial charge in [0.1, 0.15) is 5.75 Å². The Hall–Kier alpha value is -2.90. The Bertz CT molecular complexity index is 623. The molecule has 98 valence electrons. The van der Waals surface area contributed by atoms with Crippen molar-refractivity contribution >= 4 is 12.2 Å². The van der Waals surface area contributed by atoms with Crippen LogP contribution >= 0.6 is 0 Å². The minimum Gasteiger partial charge on any atom is -0.484 e. The highest BCUT2D eigenvalue weighted by Crippen LogP contribution is 2.17. The highest BCUT2D eigenvalue weighted by molar-refractivity contribution is 5.91. The maximum Gasteiger partial charge on any atom is 0.311 e. The summed E-state index contributed by atoms with van der Waals surface area (Å²) in [5.41, 5.74) is 4.88. The topological polar surface area (TPSA) is 122 Å². The number of primary amides is 1. The van der Waals surface area contributed by atoms with Gasteiger partial charge < -0.3 is 15.7 Å². The lowest BCUT2D eigenvalue weighted by atomic mass is 10.2. The van der Waals surface area contributed by atoms with Gasteiger partial charge >= 0.3 is 5.69 Å². The van der Waals surface area contributed by atoms with Gasteiger partial charge in [0.05, 0.1) is 10.7 Å². The Kier molecular flexibility index (Phi) is 3.42. The van der Waals surface area contributed by atoms with Crippen molar-refractivity contribution < 1.29 is 23.9 Å². The fourth-order valence-corrected chi connectivity index (χ4v) is 1.43. The maximum atomic E-state index is 11.3. The quantitative estimate of drug-likeness (QED) is 0.588. The number of nitrogens with two attached hydrogens (primary N) is 1. The van der Waals surface area contributed by atoms with E-state index in [9.17, 15) is 14.8 Å². The number of aromatic nitrogens is 2. The first kappa shape index (κ1) is 12.6. The van der Waals surface area contributed by atoms with Crippen LogP contribution in [0.1, 0.15) is 26.5 Å². The summed E-state index contributed by atoms with van der Waals surface area (Å²) in [5, 5.41) is 14.5. The average Bonchev–Trinajstić information content (AvgIpc) is 2.78. The Morgan fingerprint density at radius 1 is 1.53 bits per heavy atom. The van der Waals surface area contributed by atoms with Crippen molar-refractivity contribution in [1.82, 2.24) is 5.16 Å². The van der Waals surface area contributed by atoms with Crippen LogP contribution < -0.4 is 15.4 Å². The smallest absolute Gasteiger partial charge is 0.311 e. The molecule has 0 bridgehead atoms. The molecule has 0 aliphatic heterocycles. The zero-order valence-electron chi connectivity index (χ0n) is 9.61. The molecule has 0 saturated carbocycles. The zero-order chi connectivity index (χ0) is 13.8. The summed E-state index contributed by atoms with van der Waals surface area (Å²) < 4.78 is 9.55. The maximum absolute atomic E-state index is 11.3. The van der Waals surface area contributed by atoms with E-state index in [1.54, 1.807) is 24.3 Å². The first-order valence-electron chi connectivity index (χ1n) is 5.19. The van der Waals surface area contributed by atoms with Crippen molar-refractivity contribution in [3.63, 3.8) is 0 Å². The molecule has 0 aliphatic rings. The second-order valence-electron chi connectivity index (χ2n) is 3.53. The number of carbonyl (C=O) groups excluding carboxylic acids is 2. The van der Waals surface area contributed by atoms with Crippen LogP contribution in [-0.2, 0) is 6.61 Å². The third-order valence-electron chi connectivity index (χ3n) is 2.34. The largest absolute Gasteiger partial charge is 0.484 e. The van der Waals surface area contributed by atoms with Crippen LogP contribution in [0.2, 0.25) is 0 Å². The van der Waals surface area contributed by atoms with E-state index >= 15 is 0 Å². The van der Waals surface area contributed by atoms with Crippen molar-refractivity contribution in [3.05, 3.63) is 46.4 Å². The minimum atomic E-state index is -0.902. The molecule has 2 aromatic rings.